The van der Waals surface area contributed by atoms with Crippen LogP contribution < -0.4 is 19.1 Å². The fourth-order valence-electron chi connectivity index (χ4n) is 4.66. The Balaban J connectivity index is 1.62. The second kappa shape index (κ2) is 11.3. The standard InChI is InChI=1S/C29H34N2O5S/c1-20-9-14-26(15-10-20)37(33,34)31(25-13-16-27(35-3)28(18-25)36-4)19-29(32)30-21(2)23-12-11-22-7-5-6-8-24(22)17-23/h9-18,21H,5-8,19H2,1-4H3,(H,30,32). The number of methoxy groups -OCH3 is 2. The third-order valence-corrected chi connectivity index (χ3v) is 8.59. The van der Waals surface area contributed by atoms with Crippen molar-refractivity contribution in [3.63, 3.8) is 0 Å². The molecule has 37 heavy (non-hydrogen) atoms. The lowest BCUT2D eigenvalue weighted by Gasteiger charge is -2.26. The molecule has 0 spiro atoms. The Morgan fingerprint density at radius 2 is 1.59 bits per heavy atom. The fourth-order valence-corrected chi connectivity index (χ4v) is 6.07. The maximum atomic E-state index is 13.7. The molecule has 4 rings (SSSR count). The van der Waals surface area contributed by atoms with Crippen LogP contribution in [0.25, 0.3) is 0 Å². The first kappa shape index (κ1) is 26.5. The molecule has 1 aliphatic rings. The summed E-state index contributed by atoms with van der Waals surface area (Å²) >= 11 is 0. The van der Waals surface area contributed by atoms with E-state index in [0.717, 1.165) is 28.3 Å². The number of rotatable bonds is 9. The molecule has 3 aromatic rings. The normalized spacial score (nSPS) is 13.8. The van der Waals surface area contributed by atoms with E-state index in [1.807, 2.05) is 19.9 Å². The minimum atomic E-state index is -4.05. The van der Waals surface area contributed by atoms with Gasteiger partial charge in [0.1, 0.15) is 6.54 Å². The highest BCUT2D eigenvalue weighted by Crippen LogP contribution is 2.34. The summed E-state index contributed by atoms with van der Waals surface area (Å²) in [5.74, 6) is 0.423. The highest BCUT2D eigenvalue weighted by molar-refractivity contribution is 7.92. The Labute approximate surface area is 219 Å². The van der Waals surface area contributed by atoms with Crippen LogP contribution in [0, 0.1) is 6.92 Å². The smallest absolute Gasteiger partial charge is 0.264 e. The molecule has 8 heteroatoms. The van der Waals surface area contributed by atoms with Gasteiger partial charge in [0, 0.05) is 6.07 Å². The van der Waals surface area contributed by atoms with Crippen molar-refractivity contribution in [3.05, 3.63) is 82.9 Å². The van der Waals surface area contributed by atoms with E-state index in [9.17, 15) is 13.2 Å². The van der Waals surface area contributed by atoms with E-state index in [2.05, 4.69) is 17.4 Å². The van der Waals surface area contributed by atoms with Gasteiger partial charge >= 0.3 is 0 Å². The van der Waals surface area contributed by atoms with Crippen molar-refractivity contribution < 1.29 is 22.7 Å². The molecule has 3 aromatic carbocycles. The van der Waals surface area contributed by atoms with Gasteiger partial charge in [-0.15, -0.1) is 0 Å². The molecule has 7 nitrogen and oxygen atoms in total. The van der Waals surface area contributed by atoms with Crippen molar-refractivity contribution in [2.24, 2.45) is 0 Å². The average molecular weight is 523 g/mol. The molecule has 0 radical (unpaired) electrons. The first-order valence-electron chi connectivity index (χ1n) is 12.5. The Bertz CT molecular complexity index is 1370. The Morgan fingerprint density at radius 3 is 2.27 bits per heavy atom. The predicted molar refractivity (Wildman–Crippen MR) is 145 cm³/mol. The second-order valence-corrected chi connectivity index (χ2v) is 11.3. The van der Waals surface area contributed by atoms with Gasteiger partial charge < -0.3 is 14.8 Å². The van der Waals surface area contributed by atoms with Crippen molar-refractivity contribution >= 4 is 21.6 Å². The number of amides is 1. The topological polar surface area (TPSA) is 84.9 Å². The van der Waals surface area contributed by atoms with Crippen molar-refractivity contribution in [3.8, 4) is 11.5 Å². The molecular weight excluding hydrogens is 488 g/mol. The van der Waals surface area contributed by atoms with E-state index in [1.165, 1.54) is 38.2 Å². The van der Waals surface area contributed by atoms with E-state index in [4.69, 9.17) is 9.47 Å². The summed E-state index contributed by atoms with van der Waals surface area (Å²) in [6.07, 6.45) is 4.52. The quantitative estimate of drug-likeness (QED) is 0.429. The lowest BCUT2D eigenvalue weighted by molar-refractivity contribution is -0.120. The number of sulfonamides is 1. The largest absolute Gasteiger partial charge is 0.493 e. The summed E-state index contributed by atoms with van der Waals surface area (Å²) in [7, 11) is -1.06. The lowest BCUT2D eigenvalue weighted by Crippen LogP contribution is -2.41. The number of anilines is 1. The summed E-state index contributed by atoms with van der Waals surface area (Å²) in [6.45, 7) is 3.41. The SMILES string of the molecule is COc1ccc(N(CC(=O)NC(C)c2ccc3c(c2)CCCC3)S(=O)(=O)c2ccc(C)cc2)cc1OC. The minimum Gasteiger partial charge on any atom is -0.493 e. The van der Waals surface area contributed by atoms with Crippen LogP contribution in [0.3, 0.4) is 0 Å². The van der Waals surface area contributed by atoms with E-state index in [-0.39, 0.29) is 17.5 Å². The minimum absolute atomic E-state index is 0.100. The molecule has 0 aliphatic heterocycles. The van der Waals surface area contributed by atoms with Gasteiger partial charge in [0.25, 0.3) is 10.0 Å². The number of hydrogen-bond donors (Lipinski definition) is 1. The third kappa shape index (κ3) is 5.91. The van der Waals surface area contributed by atoms with E-state index < -0.39 is 15.9 Å². The highest BCUT2D eigenvalue weighted by atomic mass is 32.2. The van der Waals surface area contributed by atoms with Gasteiger partial charge in [-0.3, -0.25) is 9.10 Å². The fraction of sp³-hybridized carbons (Fsp3) is 0.345. The number of carbonyl (C=O) groups excluding carboxylic acids is 1. The molecule has 1 unspecified atom stereocenters. The molecule has 0 fully saturated rings. The van der Waals surface area contributed by atoms with Gasteiger partial charge in [-0.05, 0) is 80.5 Å². The number of aryl methyl sites for hydroxylation is 3. The van der Waals surface area contributed by atoms with Crippen molar-refractivity contribution in [2.45, 2.75) is 50.5 Å². The highest BCUT2D eigenvalue weighted by Gasteiger charge is 2.28. The van der Waals surface area contributed by atoms with Gasteiger partial charge in [0.05, 0.1) is 30.8 Å². The lowest BCUT2D eigenvalue weighted by atomic mass is 9.89. The number of benzene rings is 3. The second-order valence-electron chi connectivity index (χ2n) is 9.39. The van der Waals surface area contributed by atoms with Crippen LogP contribution in [0.1, 0.15) is 48.1 Å². The van der Waals surface area contributed by atoms with E-state index in [1.54, 1.807) is 42.5 Å². The number of carbonyl (C=O) groups is 1. The number of nitrogens with zero attached hydrogens (tertiary/aromatic N) is 1. The zero-order valence-corrected chi connectivity index (χ0v) is 22.6. The van der Waals surface area contributed by atoms with Crippen LogP contribution >= 0.6 is 0 Å². The summed E-state index contributed by atoms with van der Waals surface area (Å²) in [5.41, 5.74) is 4.95. The summed E-state index contributed by atoms with van der Waals surface area (Å²) in [4.78, 5) is 13.3. The molecule has 1 atom stereocenters. The molecule has 0 aromatic heterocycles. The zero-order valence-electron chi connectivity index (χ0n) is 21.8. The average Bonchev–Trinajstić information content (AvgIpc) is 2.91. The van der Waals surface area contributed by atoms with Crippen molar-refractivity contribution in [1.29, 1.82) is 0 Å². The van der Waals surface area contributed by atoms with Gasteiger partial charge in [-0.25, -0.2) is 8.42 Å². The molecule has 1 N–H and O–H groups in total. The van der Waals surface area contributed by atoms with Crippen LogP contribution in [0.15, 0.2) is 65.6 Å². The number of nitrogens with one attached hydrogen (secondary N) is 1. The zero-order chi connectivity index (χ0) is 26.6. The molecule has 1 amide bonds. The number of fused-ring (bicyclic) bond motifs is 1. The van der Waals surface area contributed by atoms with Crippen molar-refractivity contribution in [1.82, 2.24) is 5.32 Å². The molecule has 1 aliphatic carbocycles. The first-order chi connectivity index (χ1) is 17.7. The van der Waals surface area contributed by atoms with Crippen LogP contribution in [0.2, 0.25) is 0 Å². The molecular formula is C29H34N2O5S. The van der Waals surface area contributed by atoms with Gasteiger partial charge in [-0.2, -0.15) is 0 Å². The maximum Gasteiger partial charge on any atom is 0.264 e. The molecule has 0 saturated heterocycles. The molecule has 0 saturated carbocycles. The first-order valence-corrected chi connectivity index (χ1v) is 13.9. The van der Waals surface area contributed by atoms with E-state index in [0.29, 0.717) is 17.2 Å². The number of ether oxygens (including phenoxy) is 2. The van der Waals surface area contributed by atoms with E-state index >= 15 is 0 Å². The summed E-state index contributed by atoms with van der Waals surface area (Å²) < 4.78 is 39.2. The monoisotopic (exact) mass is 522 g/mol. The number of hydrogen-bond acceptors (Lipinski definition) is 5. The Hall–Kier alpha value is -3.52. The molecule has 196 valence electrons. The van der Waals surface area contributed by atoms with Gasteiger partial charge in [-0.1, -0.05) is 35.9 Å². The van der Waals surface area contributed by atoms with Crippen LogP contribution in [-0.2, 0) is 27.7 Å². The van der Waals surface area contributed by atoms with Gasteiger partial charge in [0.15, 0.2) is 11.5 Å². The molecule has 0 heterocycles. The Morgan fingerprint density at radius 1 is 0.919 bits per heavy atom. The predicted octanol–water partition coefficient (Wildman–Crippen LogP) is 4.96. The van der Waals surface area contributed by atoms with Crippen LogP contribution in [0.5, 0.6) is 11.5 Å². The van der Waals surface area contributed by atoms with Gasteiger partial charge in [0.2, 0.25) is 5.91 Å². The molecule has 0 bridgehead atoms. The third-order valence-electron chi connectivity index (χ3n) is 6.80. The van der Waals surface area contributed by atoms with Crippen LogP contribution in [0.4, 0.5) is 5.69 Å². The maximum absolute atomic E-state index is 13.7. The van der Waals surface area contributed by atoms with Crippen LogP contribution in [-0.4, -0.2) is 35.1 Å². The van der Waals surface area contributed by atoms with Crippen molar-refractivity contribution in [2.75, 3.05) is 25.1 Å². The summed E-state index contributed by atoms with van der Waals surface area (Å²) in [6, 6.07) is 17.4. The Kier molecular flexibility index (Phi) is 8.07. The summed E-state index contributed by atoms with van der Waals surface area (Å²) in [5, 5.41) is 2.99.